The standard InChI is InChI=1S/C26H32N2O5/c1-5-14-28(15-22(29)30)24(31)23(26(2,3)4)27-25(32)33-16-21-19-12-8-6-10-17(19)18-11-7-9-13-20(18)21/h6-13,21,23H,5,14-16H2,1-4H3,(H,27,32)(H,29,30)/t23-/m1/s1. The van der Waals surface area contributed by atoms with Gasteiger partial charge in [0, 0.05) is 12.5 Å². The first-order valence-electron chi connectivity index (χ1n) is 11.3. The molecule has 0 aromatic heterocycles. The first kappa shape index (κ1) is 24.3. The van der Waals surface area contributed by atoms with Crippen molar-refractivity contribution >= 4 is 18.0 Å². The number of ether oxygens (including phenoxy) is 1. The number of rotatable bonds is 8. The summed E-state index contributed by atoms with van der Waals surface area (Å²) in [5.74, 6) is -1.61. The molecule has 0 radical (unpaired) electrons. The molecule has 0 bridgehead atoms. The number of carbonyl (C=O) groups excluding carboxylic acids is 2. The second kappa shape index (κ2) is 10.1. The quantitative estimate of drug-likeness (QED) is 0.624. The lowest BCUT2D eigenvalue weighted by molar-refractivity contribution is -0.146. The van der Waals surface area contributed by atoms with E-state index in [1.807, 2.05) is 64.1 Å². The fourth-order valence-corrected chi connectivity index (χ4v) is 4.29. The monoisotopic (exact) mass is 452 g/mol. The predicted molar refractivity (Wildman–Crippen MR) is 126 cm³/mol. The second-order valence-corrected chi connectivity index (χ2v) is 9.42. The van der Waals surface area contributed by atoms with Gasteiger partial charge in [-0.05, 0) is 34.1 Å². The van der Waals surface area contributed by atoms with E-state index >= 15 is 0 Å². The Morgan fingerprint density at radius 3 is 2.06 bits per heavy atom. The molecule has 0 heterocycles. The van der Waals surface area contributed by atoms with E-state index in [2.05, 4.69) is 17.4 Å². The van der Waals surface area contributed by atoms with Gasteiger partial charge in [0.2, 0.25) is 5.91 Å². The number of hydrogen-bond donors (Lipinski definition) is 2. The molecule has 2 N–H and O–H groups in total. The SMILES string of the molecule is CCCN(CC(=O)O)C(=O)[C@@H](NC(=O)OCC1c2ccccc2-c2ccccc21)C(C)(C)C. The summed E-state index contributed by atoms with van der Waals surface area (Å²) in [6.45, 7) is 7.36. The number of benzene rings is 2. The first-order chi connectivity index (χ1) is 15.6. The molecule has 2 aromatic rings. The Balaban J connectivity index is 1.73. The summed E-state index contributed by atoms with van der Waals surface area (Å²) in [5.41, 5.74) is 3.84. The van der Waals surface area contributed by atoms with Gasteiger partial charge in [-0.15, -0.1) is 0 Å². The van der Waals surface area contributed by atoms with Crippen molar-refractivity contribution in [2.75, 3.05) is 19.7 Å². The number of alkyl carbamates (subject to hydrolysis) is 1. The average Bonchev–Trinajstić information content (AvgIpc) is 3.08. The van der Waals surface area contributed by atoms with Crippen molar-refractivity contribution in [2.45, 2.75) is 46.1 Å². The molecular formula is C26H32N2O5. The summed E-state index contributed by atoms with van der Waals surface area (Å²) in [6.07, 6.45) is -0.0854. The van der Waals surface area contributed by atoms with Crippen molar-refractivity contribution in [3.8, 4) is 11.1 Å². The second-order valence-electron chi connectivity index (χ2n) is 9.42. The highest BCUT2D eigenvalue weighted by Gasteiger charge is 2.37. The Hall–Kier alpha value is -3.35. The summed E-state index contributed by atoms with van der Waals surface area (Å²) < 4.78 is 5.60. The number of hydrogen-bond acceptors (Lipinski definition) is 4. The van der Waals surface area contributed by atoms with E-state index < -0.39 is 36.0 Å². The maximum atomic E-state index is 13.1. The van der Waals surface area contributed by atoms with E-state index in [0.717, 1.165) is 22.3 Å². The molecule has 33 heavy (non-hydrogen) atoms. The lowest BCUT2D eigenvalue weighted by atomic mass is 9.85. The molecule has 7 heteroatoms. The van der Waals surface area contributed by atoms with Crippen molar-refractivity contribution in [1.29, 1.82) is 0 Å². The van der Waals surface area contributed by atoms with E-state index in [4.69, 9.17) is 4.74 Å². The summed E-state index contributed by atoms with van der Waals surface area (Å²) in [4.78, 5) is 38.4. The van der Waals surface area contributed by atoms with Gasteiger partial charge < -0.3 is 20.1 Å². The van der Waals surface area contributed by atoms with Gasteiger partial charge >= 0.3 is 12.1 Å². The van der Waals surface area contributed by atoms with Gasteiger partial charge in [0.1, 0.15) is 19.2 Å². The number of amides is 2. The van der Waals surface area contributed by atoms with Crippen molar-refractivity contribution in [2.24, 2.45) is 5.41 Å². The van der Waals surface area contributed by atoms with Crippen LogP contribution in [-0.2, 0) is 14.3 Å². The van der Waals surface area contributed by atoms with E-state index in [9.17, 15) is 19.5 Å². The number of fused-ring (bicyclic) bond motifs is 3. The molecule has 1 atom stereocenters. The zero-order valence-corrected chi connectivity index (χ0v) is 19.6. The Morgan fingerprint density at radius 1 is 1.03 bits per heavy atom. The Labute approximate surface area is 194 Å². The molecule has 2 aromatic carbocycles. The Bertz CT molecular complexity index is 982. The third-order valence-electron chi connectivity index (χ3n) is 5.85. The normalized spacial score (nSPS) is 13.6. The first-order valence-corrected chi connectivity index (χ1v) is 11.3. The lowest BCUT2D eigenvalue weighted by Crippen LogP contribution is -2.55. The largest absolute Gasteiger partial charge is 0.480 e. The smallest absolute Gasteiger partial charge is 0.407 e. The summed E-state index contributed by atoms with van der Waals surface area (Å²) >= 11 is 0. The van der Waals surface area contributed by atoms with E-state index in [1.54, 1.807) is 0 Å². The van der Waals surface area contributed by atoms with Gasteiger partial charge in [-0.1, -0.05) is 76.2 Å². The average molecular weight is 453 g/mol. The maximum absolute atomic E-state index is 13.1. The molecule has 0 saturated heterocycles. The number of nitrogens with zero attached hydrogens (tertiary/aromatic N) is 1. The van der Waals surface area contributed by atoms with E-state index in [-0.39, 0.29) is 12.5 Å². The minimum Gasteiger partial charge on any atom is -0.480 e. The lowest BCUT2D eigenvalue weighted by Gasteiger charge is -2.34. The van der Waals surface area contributed by atoms with Crippen molar-refractivity contribution < 1.29 is 24.2 Å². The molecule has 0 spiro atoms. The molecule has 1 aliphatic rings. The number of nitrogens with one attached hydrogen (secondary N) is 1. The molecule has 3 rings (SSSR count). The summed E-state index contributed by atoms with van der Waals surface area (Å²) in [6, 6.07) is 15.2. The fraction of sp³-hybridized carbons (Fsp3) is 0.423. The highest BCUT2D eigenvalue weighted by molar-refractivity contribution is 5.89. The molecule has 0 saturated carbocycles. The zero-order chi connectivity index (χ0) is 24.2. The number of carboxylic acids is 1. The molecule has 0 aliphatic heterocycles. The van der Waals surface area contributed by atoms with Gasteiger partial charge in [-0.2, -0.15) is 0 Å². The van der Waals surface area contributed by atoms with Gasteiger partial charge in [0.25, 0.3) is 0 Å². The van der Waals surface area contributed by atoms with Crippen LogP contribution in [0.15, 0.2) is 48.5 Å². The predicted octanol–water partition coefficient (Wildman–Crippen LogP) is 4.26. The third-order valence-corrected chi connectivity index (χ3v) is 5.85. The van der Waals surface area contributed by atoms with Crippen LogP contribution in [0.3, 0.4) is 0 Å². The number of aliphatic carboxylic acids is 1. The van der Waals surface area contributed by atoms with E-state index in [0.29, 0.717) is 13.0 Å². The zero-order valence-electron chi connectivity index (χ0n) is 19.6. The van der Waals surface area contributed by atoms with E-state index in [1.165, 1.54) is 4.90 Å². The van der Waals surface area contributed by atoms with Gasteiger partial charge in [-0.3, -0.25) is 9.59 Å². The highest BCUT2D eigenvalue weighted by Crippen LogP contribution is 2.44. The van der Waals surface area contributed by atoms with Crippen LogP contribution in [0.1, 0.15) is 51.2 Å². The molecular weight excluding hydrogens is 420 g/mol. The fourth-order valence-electron chi connectivity index (χ4n) is 4.29. The van der Waals surface area contributed by atoms with Crippen molar-refractivity contribution in [3.63, 3.8) is 0 Å². The Morgan fingerprint density at radius 2 is 1.58 bits per heavy atom. The van der Waals surface area contributed by atoms with Gasteiger partial charge in [0.15, 0.2) is 0 Å². The third kappa shape index (κ3) is 5.53. The number of carboxylic acid groups (broad SMARTS) is 1. The van der Waals surface area contributed by atoms with Crippen LogP contribution < -0.4 is 5.32 Å². The van der Waals surface area contributed by atoms with Crippen molar-refractivity contribution in [1.82, 2.24) is 10.2 Å². The summed E-state index contributed by atoms with van der Waals surface area (Å²) in [7, 11) is 0. The molecule has 2 amide bonds. The van der Waals surface area contributed by atoms with Crippen LogP contribution in [0, 0.1) is 5.41 Å². The highest BCUT2D eigenvalue weighted by atomic mass is 16.5. The number of carbonyl (C=O) groups is 3. The van der Waals surface area contributed by atoms with Crippen LogP contribution >= 0.6 is 0 Å². The van der Waals surface area contributed by atoms with Crippen LogP contribution in [0.5, 0.6) is 0 Å². The molecule has 7 nitrogen and oxygen atoms in total. The topological polar surface area (TPSA) is 95.9 Å². The van der Waals surface area contributed by atoms with Crippen molar-refractivity contribution in [3.05, 3.63) is 59.7 Å². The van der Waals surface area contributed by atoms with Crippen LogP contribution in [-0.4, -0.2) is 53.7 Å². The molecule has 0 fully saturated rings. The van der Waals surface area contributed by atoms with Crippen LogP contribution in [0.4, 0.5) is 4.79 Å². The van der Waals surface area contributed by atoms with Gasteiger partial charge in [-0.25, -0.2) is 4.79 Å². The maximum Gasteiger partial charge on any atom is 0.407 e. The Kier molecular flexibility index (Phi) is 7.41. The molecule has 1 aliphatic carbocycles. The minimum atomic E-state index is -1.09. The summed E-state index contributed by atoms with van der Waals surface area (Å²) in [5, 5.41) is 11.9. The molecule has 176 valence electrons. The minimum absolute atomic E-state index is 0.0875. The van der Waals surface area contributed by atoms with Crippen LogP contribution in [0.25, 0.3) is 11.1 Å². The van der Waals surface area contributed by atoms with Gasteiger partial charge in [0.05, 0.1) is 0 Å². The molecule has 0 unspecified atom stereocenters. The van der Waals surface area contributed by atoms with Crippen LogP contribution in [0.2, 0.25) is 0 Å².